The molecule has 1 aromatic rings. The lowest BCUT2D eigenvalue weighted by Gasteiger charge is -2.21. The van der Waals surface area contributed by atoms with Gasteiger partial charge in [0.15, 0.2) is 11.8 Å². The van der Waals surface area contributed by atoms with Crippen molar-refractivity contribution in [2.75, 3.05) is 13.2 Å². The van der Waals surface area contributed by atoms with Crippen LogP contribution >= 0.6 is 0 Å². The van der Waals surface area contributed by atoms with E-state index in [0.29, 0.717) is 13.2 Å². The van der Waals surface area contributed by atoms with Crippen LogP contribution in [0.3, 0.4) is 0 Å². The molecule has 1 aromatic carbocycles. The van der Waals surface area contributed by atoms with Crippen molar-refractivity contribution in [2.24, 2.45) is 20.8 Å². The van der Waals surface area contributed by atoms with E-state index in [2.05, 4.69) is 67.5 Å². The highest BCUT2D eigenvalue weighted by atomic mass is 16.5. The molecule has 0 radical (unpaired) electrons. The largest absolute Gasteiger partial charge is 0.478 e. The molecule has 0 spiro atoms. The molecule has 2 aliphatic heterocycles. The first kappa shape index (κ1) is 20.9. The number of benzene rings is 1. The van der Waals surface area contributed by atoms with Crippen molar-refractivity contribution in [1.29, 1.82) is 0 Å². The fourth-order valence-corrected chi connectivity index (χ4v) is 3.58. The molecule has 4 heteroatoms. The first-order chi connectivity index (χ1) is 12.9. The van der Waals surface area contributed by atoms with Gasteiger partial charge in [0, 0.05) is 12.8 Å². The molecule has 0 fully saturated rings. The molecule has 0 unspecified atom stereocenters. The molecule has 0 bridgehead atoms. The Kier molecular flexibility index (Phi) is 5.62. The average molecular weight is 385 g/mol. The molecular formula is C24H36N2O2. The standard InChI is InChI=1S/C24H36N2O2/c1-15-9-16(2)18(12-22-26-20(14-28-22)24(6,7)8)10-17(15)11-21-25-19(13-27-21)23(3,4)5/h9-10,19-20H,11-14H2,1-8H3/t19-,20-/m1/s1. The zero-order chi connectivity index (χ0) is 20.7. The SMILES string of the molecule is Cc1cc(C)c(CC2=N[C@@H](C(C)(C)C)CO2)cc1CC1=N[C@@H](C(C)(C)C)CO1. The van der Waals surface area contributed by atoms with Crippen LogP contribution in [-0.4, -0.2) is 37.1 Å². The monoisotopic (exact) mass is 384 g/mol. The van der Waals surface area contributed by atoms with Gasteiger partial charge < -0.3 is 9.47 Å². The Hall–Kier alpha value is -1.84. The van der Waals surface area contributed by atoms with E-state index < -0.39 is 0 Å². The van der Waals surface area contributed by atoms with Gasteiger partial charge in [-0.25, -0.2) is 9.98 Å². The van der Waals surface area contributed by atoms with Crippen LogP contribution in [0.25, 0.3) is 0 Å². The molecule has 0 saturated heterocycles. The summed E-state index contributed by atoms with van der Waals surface area (Å²) in [4.78, 5) is 9.67. The summed E-state index contributed by atoms with van der Waals surface area (Å²) in [6.45, 7) is 19.0. The molecule has 0 aromatic heterocycles. The molecule has 28 heavy (non-hydrogen) atoms. The van der Waals surface area contributed by atoms with E-state index in [1.807, 2.05) is 0 Å². The highest BCUT2D eigenvalue weighted by Gasteiger charge is 2.31. The summed E-state index contributed by atoms with van der Waals surface area (Å²) in [5.41, 5.74) is 5.40. The first-order valence-electron chi connectivity index (χ1n) is 10.4. The topological polar surface area (TPSA) is 43.2 Å². The molecule has 3 rings (SSSR count). The van der Waals surface area contributed by atoms with Crippen molar-refractivity contribution in [3.63, 3.8) is 0 Å². The van der Waals surface area contributed by atoms with Gasteiger partial charge in [-0.1, -0.05) is 53.7 Å². The normalized spacial score (nSPS) is 22.6. The van der Waals surface area contributed by atoms with Crippen molar-refractivity contribution in [2.45, 2.75) is 80.3 Å². The quantitative estimate of drug-likeness (QED) is 0.727. The van der Waals surface area contributed by atoms with Crippen molar-refractivity contribution in [1.82, 2.24) is 0 Å². The van der Waals surface area contributed by atoms with Gasteiger partial charge in [0.1, 0.15) is 13.2 Å². The third kappa shape index (κ3) is 4.76. The summed E-state index contributed by atoms with van der Waals surface area (Å²) in [5, 5.41) is 0. The molecule has 0 aliphatic carbocycles. The van der Waals surface area contributed by atoms with Crippen LogP contribution in [0.1, 0.15) is 63.8 Å². The summed E-state index contributed by atoms with van der Waals surface area (Å²) in [7, 11) is 0. The van der Waals surface area contributed by atoms with Gasteiger partial charge in [-0.3, -0.25) is 0 Å². The predicted octanol–water partition coefficient (Wildman–Crippen LogP) is 5.08. The van der Waals surface area contributed by atoms with Gasteiger partial charge >= 0.3 is 0 Å². The van der Waals surface area contributed by atoms with E-state index in [1.165, 1.54) is 22.3 Å². The second kappa shape index (κ2) is 7.53. The number of nitrogens with zero attached hydrogens (tertiary/aromatic N) is 2. The van der Waals surface area contributed by atoms with E-state index in [-0.39, 0.29) is 22.9 Å². The Bertz CT molecular complexity index is 731. The Morgan fingerprint density at radius 2 is 1.14 bits per heavy atom. The van der Waals surface area contributed by atoms with Gasteiger partial charge in [0.25, 0.3) is 0 Å². The summed E-state index contributed by atoms with van der Waals surface area (Å²) in [5.74, 6) is 1.72. The summed E-state index contributed by atoms with van der Waals surface area (Å²) < 4.78 is 11.8. The number of aliphatic imine (C=N–C) groups is 2. The highest BCUT2D eigenvalue weighted by molar-refractivity contribution is 5.82. The lowest BCUT2D eigenvalue weighted by molar-refractivity contribution is 0.233. The van der Waals surface area contributed by atoms with Crippen LogP contribution in [0, 0.1) is 24.7 Å². The minimum Gasteiger partial charge on any atom is -0.478 e. The Morgan fingerprint density at radius 3 is 1.46 bits per heavy atom. The van der Waals surface area contributed by atoms with E-state index in [0.717, 1.165) is 24.6 Å². The molecule has 2 aliphatic rings. The second-order valence-corrected chi connectivity index (χ2v) is 10.5. The number of ether oxygens (including phenoxy) is 2. The molecule has 0 N–H and O–H groups in total. The molecule has 2 heterocycles. The number of hydrogen-bond donors (Lipinski definition) is 0. The van der Waals surface area contributed by atoms with E-state index in [1.54, 1.807) is 0 Å². The molecule has 4 nitrogen and oxygen atoms in total. The van der Waals surface area contributed by atoms with Gasteiger partial charge in [0.05, 0.1) is 12.1 Å². The molecule has 0 saturated carbocycles. The van der Waals surface area contributed by atoms with Crippen LogP contribution in [0.2, 0.25) is 0 Å². The molecule has 0 amide bonds. The minimum atomic E-state index is 0.136. The maximum atomic E-state index is 5.91. The maximum Gasteiger partial charge on any atom is 0.188 e. The van der Waals surface area contributed by atoms with Gasteiger partial charge in [-0.05, 0) is 46.9 Å². The van der Waals surface area contributed by atoms with Crippen LogP contribution in [-0.2, 0) is 22.3 Å². The Morgan fingerprint density at radius 1 is 0.750 bits per heavy atom. The van der Waals surface area contributed by atoms with Crippen molar-refractivity contribution in [3.8, 4) is 0 Å². The molecule has 154 valence electrons. The van der Waals surface area contributed by atoms with E-state index >= 15 is 0 Å². The van der Waals surface area contributed by atoms with Gasteiger partial charge in [-0.15, -0.1) is 0 Å². The van der Waals surface area contributed by atoms with Crippen molar-refractivity contribution < 1.29 is 9.47 Å². The summed E-state index contributed by atoms with van der Waals surface area (Å²) >= 11 is 0. The fourth-order valence-electron chi connectivity index (χ4n) is 3.58. The number of rotatable bonds is 4. The van der Waals surface area contributed by atoms with Crippen molar-refractivity contribution in [3.05, 3.63) is 34.4 Å². The number of hydrogen-bond acceptors (Lipinski definition) is 4. The van der Waals surface area contributed by atoms with E-state index in [9.17, 15) is 0 Å². The number of aryl methyl sites for hydroxylation is 2. The zero-order valence-electron chi connectivity index (χ0n) is 18.8. The average Bonchev–Trinajstić information content (AvgIpc) is 3.20. The molecular weight excluding hydrogens is 348 g/mol. The second-order valence-electron chi connectivity index (χ2n) is 10.5. The van der Waals surface area contributed by atoms with Crippen LogP contribution in [0.15, 0.2) is 22.1 Å². The van der Waals surface area contributed by atoms with Crippen LogP contribution < -0.4 is 0 Å². The first-order valence-corrected chi connectivity index (χ1v) is 10.4. The van der Waals surface area contributed by atoms with Crippen LogP contribution in [0.4, 0.5) is 0 Å². The predicted molar refractivity (Wildman–Crippen MR) is 117 cm³/mol. The maximum absolute atomic E-state index is 5.91. The third-order valence-electron chi connectivity index (χ3n) is 5.89. The third-order valence-corrected chi connectivity index (χ3v) is 5.89. The summed E-state index contributed by atoms with van der Waals surface area (Å²) in [6.07, 6.45) is 1.51. The minimum absolute atomic E-state index is 0.136. The summed E-state index contributed by atoms with van der Waals surface area (Å²) in [6, 6.07) is 5.03. The lowest BCUT2D eigenvalue weighted by Crippen LogP contribution is -2.25. The van der Waals surface area contributed by atoms with Gasteiger partial charge in [0.2, 0.25) is 0 Å². The fraction of sp³-hybridized carbons (Fsp3) is 0.667. The van der Waals surface area contributed by atoms with Crippen molar-refractivity contribution >= 4 is 11.8 Å². The highest BCUT2D eigenvalue weighted by Crippen LogP contribution is 2.29. The smallest absolute Gasteiger partial charge is 0.188 e. The van der Waals surface area contributed by atoms with Crippen LogP contribution in [0.5, 0.6) is 0 Å². The Balaban J connectivity index is 1.77. The van der Waals surface area contributed by atoms with Gasteiger partial charge in [-0.2, -0.15) is 0 Å². The molecule has 2 atom stereocenters. The van der Waals surface area contributed by atoms with E-state index in [4.69, 9.17) is 19.5 Å². The zero-order valence-corrected chi connectivity index (χ0v) is 18.8. The Labute approximate surface area is 170 Å². The lowest BCUT2D eigenvalue weighted by atomic mass is 9.88.